The molecule has 0 bridgehead atoms. The minimum absolute atomic E-state index is 0.0313. The quantitative estimate of drug-likeness (QED) is 0.165. The van der Waals surface area contributed by atoms with E-state index >= 15 is 0 Å². The van der Waals surface area contributed by atoms with Gasteiger partial charge in [0.05, 0.1) is 11.0 Å². The molecule has 272 valence electrons. The molecule has 1 unspecified atom stereocenters. The number of para-hydroxylation sites is 2. The number of imidazole rings is 1. The average Bonchev–Trinajstić information content (AvgIpc) is 3.65. The number of aromatic nitrogens is 5. The van der Waals surface area contributed by atoms with Gasteiger partial charge in [-0.3, -0.25) is 4.57 Å². The second-order valence-corrected chi connectivity index (χ2v) is 15.4. The topological polar surface area (TPSA) is 82.5 Å². The molecule has 0 saturated heterocycles. The summed E-state index contributed by atoms with van der Waals surface area (Å²) in [6.45, 7) is 6.66. The fraction of sp³-hybridized carbons (Fsp3) is 0.120. The highest BCUT2D eigenvalue weighted by atomic mass is 15.1. The maximum absolute atomic E-state index is 6.02. The molecule has 6 heteroatoms. The Balaban J connectivity index is 1.16. The van der Waals surface area contributed by atoms with E-state index in [0.717, 1.165) is 79.4 Å². The van der Waals surface area contributed by atoms with Crippen LogP contribution in [0.5, 0.6) is 0 Å². The number of anilines is 1. The molecule has 2 heterocycles. The molecule has 6 nitrogen and oxygen atoms in total. The molecule has 2 N–H and O–H groups in total. The van der Waals surface area contributed by atoms with Gasteiger partial charge >= 0.3 is 0 Å². The largest absolute Gasteiger partial charge is 0.399 e. The number of allylic oxidation sites excluding steroid dienone is 4. The van der Waals surface area contributed by atoms with Crippen molar-refractivity contribution in [2.75, 3.05) is 5.73 Å². The zero-order chi connectivity index (χ0) is 38.2. The Morgan fingerprint density at radius 3 is 1.98 bits per heavy atom. The first-order valence-electron chi connectivity index (χ1n) is 19.1. The smallest absolute Gasteiger partial charge is 0.164 e. The van der Waals surface area contributed by atoms with Crippen LogP contribution in [0.1, 0.15) is 50.3 Å². The van der Waals surface area contributed by atoms with Crippen LogP contribution in [0, 0.1) is 0 Å². The van der Waals surface area contributed by atoms with Crippen molar-refractivity contribution in [3.05, 3.63) is 187 Å². The Kier molecular flexibility index (Phi) is 8.94. The molecule has 0 radical (unpaired) electrons. The van der Waals surface area contributed by atoms with Crippen LogP contribution in [-0.2, 0) is 5.41 Å². The number of nitrogens with zero attached hydrogens (tertiary/aromatic N) is 5. The third-order valence-corrected chi connectivity index (χ3v) is 10.4. The van der Waals surface area contributed by atoms with Crippen LogP contribution >= 0.6 is 0 Å². The van der Waals surface area contributed by atoms with E-state index < -0.39 is 0 Å². The van der Waals surface area contributed by atoms with Gasteiger partial charge in [0.2, 0.25) is 0 Å². The third-order valence-electron chi connectivity index (χ3n) is 10.4. The van der Waals surface area contributed by atoms with Gasteiger partial charge in [-0.1, -0.05) is 154 Å². The summed E-state index contributed by atoms with van der Waals surface area (Å²) in [5.41, 5.74) is 18.4. The summed E-state index contributed by atoms with van der Waals surface area (Å²) in [5, 5.41) is 0. The van der Waals surface area contributed by atoms with Gasteiger partial charge in [-0.15, -0.1) is 0 Å². The van der Waals surface area contributed by atoms with Crippen molar-refractivity contribution >= 4 is 22.3 Å². The zero-order valence-corrected chi connectivity index (χ0v) is 31.8. The van der Waals surface area contributed by atoms with Crippen LogP contribution in [-0.4, -0.2) is 24.5 Å². The Morgan fingerprint density at radius 1 is 0.571 bits per heavy atom. The van der Waals surface area contributed by atoms with E-state index in [-0.39, 0.29) is 11.3 Å². The number of hydrogen-bond donors (Lipinski definition) is 1. The van der Waals surface area contributed by atoms with Crippen molar-refractivity contribution in [2.24, 2.45) is 0 Å². The lowest BCUT2D eigenvalue weighted by Gasteiger charge is -2.21. The minimum Gasteiger partial charge on any atom is -0.399 e. The van der Waals surface area contributed by atoms with Crippen molar-refractivity contribution in [3.63, 3.8) is 0 Å². The highest BCUT2D eigenvalue weighted by molar-refractivity contribution is 5.91. The van der Waals surface area contributed by atoms with Crippen LogP contribution < -0.4 is 5.73 Å². The summed E-state index contributed by atoms with van der Waals surface area (Å²) in [5.74, 6) is 3.03. The van der Waals surface area contributed by atoms with Crippen molar-refractivity contribution in [2.45, 2.75) is 38.5 Å². The lowest BCUT2D eigenvalue weighted by molar-refractivity contribution is 0.539. The maximum Gasteiger partial charge on any atom is 0.164 e. The number of nitrogen functional groups attached to an aromatic ring is 1. The first-order valence-corrected chi connectivity index (χ1v) is 19.1. The first kappa shape index (κ1) is 34.8. The zero-order valence-electron chi connectivity index (χ0n) is 31.8. The molecule has 56 heavy (non-hydrogen) atoms. The molecular formula is C50H42N6. The third kappa shape index (κ3) is 6.71. The summed E-state index contributed by atoms with van der Waals surface area (Å²) in [6.07, 6.45) is 7.24. The van der Waals surface area contributed by atoms with Crippen LogP contribution in [0.2, 0.25) is 0 Å². The Labute approximate surface area is 327 Å². The fourth-order valence-corrected chi connectivity index (χ4v) is 7.65. The summed E-state index contributed by atoms with van der Waals surface area (Å²) in [6, 6.07) is 52.5. The van der Waals surface area contributed by atoms with E-state index in [9.17, 15) is 0 Å². The van der Waals surface area contributed by atoms with Gasteiger partial charge in [0.25, 0.3) is 0 Å². The number of hydrogen-bond acceptors (Lipinski definition) is 5. The second-order valence-electron chi connectivity index (χ2n) is 15.4. The molecule has 0 aliphatic heterocycles. The van der Waals surface area contributed by atoms with Crippen LogP contribution in [0.15, 0.2) is 170 Å². The lowest BCUT2D eigenvalue weighted by Crippen LogP contribution is -2.18. The summed E-state index contributed by atoms with van der Waals surface area (Å²) in [4.78, 5) is 20.6. The Hall–Kier alpha value is -6.92. The minimum atomic E-state index is -0.157. The molecule has 0 saturated carbocycles. The maximum atomic E-state index is 6.02. The Bertz CT molecular complexity index is 2770. The van der Waals surface area contributed by atoms with Crippen LogP contribution in [0.4, 0.5) is 5.69 Å². The van der Waals surface area contributed by atoms with Gasteiger partial charge in [0.15, 0.2) is 11.6 Å². The SMILES string of the molecule is CC(C)(C)c1nc2ccccc2n1-c1cccc(-c2ccccc2-c2ccccc2-c2nc(-c3ccccc3)nc(C3C=CC=C(c4ccc(N)cc4)C3)n2)c1. The number of rotatable bonds is 7. The van der Waals surface area contributed by atoms with Crippen LogP contribution in [0.3, 0.4) is 0 Å². The van der Waals surface area contributed by atoms with Crippen molar-refractivity contribution in [3.8, 4) is 50.7 Å². The standard InChI is InChI=1S/C50H42N6/c1-50(2,3)49-52-44-25-11-12-26-45(44)56(49)39-20-14-18-36(32-39)40-21-7-8-22-41(40)42-23-9-10-24-43(42)48-54-46(34-15-5-4-6-16-34)53-47(55-48)37-19-13-17-35(31-37)33-27-29-38(51)30-28-33/h4-30,32,37H,31,51H2,1-3H3. The number of nitrogens with two attached hydrogens (primary N) is 1. The normalized spacial score (nSPS) is 14.2. The van der Waals surface area contributed by atoms with Gasteiger partial charge in [-0.05, 0) is 76.2 Å². The van der Waals surface area contributed by atoms with Crippen molar-refractivity contribution in [1.82, 2.24) is 24.5 Å². The fourth-order valence-electron chi connectivity index (χ4n) is 7.65. The predicted octanol–water partition coefficient (Wildman–Crippen LogP) is 11.9. The highest BCUT2D eigenvalue weighted by Gasteiger charge is 2.25. The van der Waals surface area contributed by atoms with Crippen molar-refractivity contribution < 1.29 is 0 Å². The summed E-state index contributed by atoms with van der Waals surface area (Å²) < 4.78 is 2.31. The molecule has 0 spiro atoms. The van der Waals surface area contributed by atoms with E-state index in [1.807, 2.05) is 30.3 Å². The Morgan fingerprint density at radius 2 is 1.21 bits per heavy atom. The molecule has 1 atom stereocenters. The molecule has 9 rings (SSSR count). The molecule has 1 aliphatic rings. The van der Waals surface area contributed by atoms with Gasteiger partial charge < -0.3 is 5.73 Å². The van der Waals surface area contributed by atoms with Gasteiger partial charge in [-0.25, -0.2) is 19.9 Å². The molecule has 1 aliphatic carbocycles. The molecule has 8 aromatic rings. The van der Waals surface area contributed by atoms with Crippen molar-refractivity contribution in [1.29, 1.82) is 0 Å². The van der Waals surface area contributed by atoms with E-state index in [4.69, 9.17) is 25.7 Å². The van der Waals surface area contributed by atoms with Crippen LogP contribution in [0.25, 0.3) is 67.3 Å². The van der Waals surface area contributed by atoms with Gasteiger partial charge in [-0.2, -0.15) is 0 Å². The molecule has 6 aromatic carbocycles. The monoisotopic (exact) mass is 726 g/mol. The lowest BCUT2D eigenvalue weighted by atomic mass is 9.89. The van der Waals surface area contributed by atoms with E-state index in [2.05, 4.69) is 165 Å². The van der Waals surface area contributed by atoms with Gasteiger partial charge in [0.1, 0.15) is 11.6 Å². The molecule has 0 fully saturated rings. The summed E-state index contributed by atoms with van der Waals surface area (Å²) >= 11 is 0. The molecule has 0 amide bonds. The summed E-state index contributed by atoms with van der Waals surface area (Å²) in [7, 11) is 0. The second kappa shape index (κ2) is 14.4. The number of benzene rings is 6. The highest BCUT2D eigenvalue weighted by Crippen LogP contribution is 2.40. The number of fused-ring (bicyclic) bond motifs is 1. The van der Waals surface area contributed by atoms with E-state index in [1.54, 1.807) is 0 Å². The molecule has 2 aromatic heterocycles. The van der Waals surface area contributed by atoms with E-state index in [1.165, 1.54) is 5.57 Å². The first-order chi connectivity index (χ1) is 27.3. The molecular weight excluding hydrogens is 685 g/mol. The predicted molar refractivity (Wildman–Crippen MR) is 230 cm³/mol. The average molecular weight is 727 g/mol. The van der Waals surface area contributed by atoms with E-state index in [0.29, 0.717) is 11.6 Å². The van der Waals surface area contributed by atoms with Gasteiger partial charge in [0, 0.05) is 33.8 Å².